The van der Waals surface area contributed by atoms with E-state index in [1.807, 2.05) is 6.07 Å². The fourth-order valence-corrected chi connectivity index (χ4v) is 7.51. The molecule has 0 bridgehead atoms. The highest BCUT2D eigenvalue weighted by Crippen LogP contribution is 2.46. The van der Waals surface area contributed by atoms with Crippen LogP contribution in [0.15, 0.2) is 138 Å². The zero-order valence-electron chi connectivity index (χ0n) is 26.5. The van der Waals surface area contributed by atoms with Crippen molar-refractivity contribution >= 4 is 21.9 Å². The van der Waals surface area contributed by atoms with Gasteiger partial charge in [0.1, 0.15) is 11.2 Å². The summed E-state index contributed by atoms with van der Waals surface area (Å²) >= 11 is 0. The summed E-state index contributed by atoms with van der Waals surface area (Å²) in [5, 5.41) is 2.38. The molecule has 1 saturated carbocycles. The second-order valence-corrected chi connectivity index (χ2v) is 13.3. The topological polar surface area (TPSA) is 38.9 Å². The largest absolute Gasteiger partial charge is 0.456 e. The van der Waals surface area contributed by atoms with Crippen LogP contribution in [0.3, 0.4) is 0 Å². The quantitative estimate of drug-likeness (QED) is 0.191. The maximum absolute atomic E-state index is 6.29. The molecule has 1 fully saturated rings. The number of pyridine rings is 2. The Labute approximate surface area is 271 Å². The first kappa shape index (κ1) is 28.5. The second kappa shape index (κ2) is 11.7. The number of rotatable bonds is 6. The first-order valence-corrected chi connectivity index (χ1v) is 16.6. The number of nitrogens with zero attached hydrogens (tertiary/aromatic N) is 2. The average Bonchev–Trinajstić information content (AvgIpc) is 3.50. The third-order valence-corrected chi connectivity index (χ3v) is 10.0. The van der Waals surface area contributed by atoms with Gasteiger partial charge in [0.15, 0.2) is 0 Å². The molecule has 3 nitrogen and oxygen atoms in total. The van der Waals surface area contributed by atoms with E-state index in [1.54, 1.807) is 0 Å². The zero-order chi connectivity index (χ0) is 31.1. The molecule has 3 heterocycles. The van der Waals surface area contributed by atoms with E-state index < -0.39 is 5.41 Å². The standard InChI is InChI=1S/C43H38N2O/c1-43(2,41-22-12-20-37(44-41)29-13-5-3-6-14-29)42-34(25-26-38(45-42)30-15-7-4-8-16-30)33-18-11-17-31(27-33)32-23-24-36-35-19-9-10-21-39(35)46-40(36)28-32/h3-10,12-16,19-26,28,31,33H,11,17-18,27H2,1-2H3. The van der Waals surface area contributed by atoms with Crippen molar-refractivity contribution in [3.05, 3.63) is 156 Å². The van der Waals surface area contributed by atoms with Gasteiger partial charge in [0, 0.05) is 27.3 Å². The molecule has 3 aromatic heterocycles. The van der Waals surface area contributed by atoms with Gasteiger partial charge in [0.05, 0.1) is 22.8 Å². The number of aromatic nitrogens is 2. The van der Waals surface area contributed by atoms with Gasteiger partial charge in [-0.2, -0.15) is 0 Å². The van der Waals surface area contributed by atoms with Crippen molar-refractivity contribution in [2.45, 2.75) is 56.8 Å². The molecule has 0 spiro atoms. The van der Waals surface area contributed by atoms with E-state index in [4.69, 9.17) is 14.4 Å². The van der Waals surface area contributed by atoms with Crippen molar-refractivity contribution < 1.29 is 4.42 Å². The Hall–Kier alpha value is -5.02. The predicted octanol–water partition coefficient (Wildman–Crippen LogP) is 11.5. The van der Waals surface area contributed by atoms with Crippen LogP contribution in [0.4, 0.5) is 0 Å². The highest BCUT2D eigenvalue weighted by molar-refractivity contribution is 6.04. The molecule has 4 aromatic carbocycles. The van der Waals surface area contributed by atoms with Gasteiger partial charge in [-0.15, -0.1) is 0 Å². The number of benzene rings is 4. The normalized spacial score (nSPS) is 17.0. The summed E-state index contributed by atoms with van der Waals surface area (Å²) < 4.78 is 6.29. The van der Waals surface area contributed by atoms with Crippen molar-refractivity contribution in [1.29, 1.82) is 0 Å². The fourth-order valence-electron chi connectivity index (χ4n) is 7.51. The van der Waals surface area contributed by atoms with Gasteiger partial charge in [0.2, 0.25) is 0 Å². The van der Waals surface area contributed by atoms with Crippen LogP contribution in [0.25, 0.3) is 44.5 Å². The molecule has 0 aliphatic heterocycles. The van der Waals surface area contributed by atoms with Crippen molar-refractivity contribution in [2.24, 2.45) is 0 Å². The van der Waals surface area contributed by atoms with Crippen LogP contribution in [0, 0.1) is 0 Å². The zero-order valence-corrected chi connectivity index (χ0v) is 26.5. The van der Waals surface area contributed by atoms with Crippen molar-refractivity contribution in [2.75, 3.05) is 0 Å². The average molecular weight is 599 g/mol. The third-order valence-electron chi connectivity index (χ3n) is 10.0. The van der Waals surface area contributed by atoms with Gasteiger partial charge in [-0.25, -0.2) is 0 Å². The molecule has 8 rings (SSSR count). The molecule has 2 atom stereocenters. The summed E-state index contributed by atoms with van der Waals surface area (Å²) in [6.45, 7) is 4.58. The minimum Gasteiger partial charge on any atom is -0.456 e. The summed E-state index contributed by atoms with van der Waals surface area (Å²) in [6.07, 6.45) is 4.64. The lowest BCUT2D eigenvalue weighted by molar-refractivity contribution is 0.388. The SMILES string of the molecule is CC(C)(c1cccc(-c2ccccc2)n1)c1nc(-c2ccccc2)ccc1C1CCCC(c2ccc3c(c2)oc2ccccc23)C1. The maximum atomic E-state index is 6.29. The molecule has 226 valence electrons. The van der Waals surface area contributed by atoms with Crippen molar-refractivity contribution in [1.82, 2.24) is 9.97 Å². The lowest BCUT2D eigenvalue weighted by Crippen LogP contribution is -2.26. The number of para-hydroxylation sites is 1. The summed E-state index contributed by atoms with van der Waals surface area (Å²) in [6, 6.07) is 47.2. The van der Waals surface area contributed by atoms with E-state index >= 15 is 0 Å². The van der Waals surface area contributed by atoms with Gasteiger partial charge >= 0.3 is 0 Å². The fraction of sp³-hybridized carbons (Fsp3) is 0.209. The van der Waals surface area contributed by atoms with Crippen LogP contribution in [0.2, 0.25) is 0 Å². The first-order chi connectivity index (χ1) is 22.5. The Morgan fingerprint density at radius 3 is 2.04 bits per heavy atom. The Balaban J connectivity index is 1.18. The molecular formula is C43H38N2O. The minimum absolute atomic E-state index is 0.398. The number of fused-ring (bicyclic) bond motifs is 3. The molecule has 3 heteroatoms. The van der Waals surface area contributed by atoms with Crippen LogP contribution in [-0.2, 0) is 5.41 Å². The summed E-state index contributed by atoms with van der Waals surface area (Å²) in [7, 11) is 0. The summed E-state index contributed by atoms with van der Waals surface area (Å²) in [5.74, 6) is 0.884. The van der Waals surface area contributed by atoms with Crippen LogP contribution < -0.4 is 0 Å². The molecule has 1 aliphatic carbocycles. The van der Waals surface area contributed by atoms with E-state index in [-0.39, 0.29) is 0 Å². The molecule has 0 N–H and O–H groups in total. The van der Waals surface area contributed by atoms with Crippen molar-refractivity contribution in [3.8, 4) is 22.5 Å². The Bertz CT molecular complexity index is 2150. The smallest absolute Gasteiger partial charge is 0.135 e. The van der Waals surface area contributed by atoms with E-state index in [0.29, 0.717) is 11.8 Å². The predicted molar refractivity (Wildman–Crippen MR) is 189 cm³/mol. The van der Waals surface area contributed by atoms with Gasteiger partial charge in [-0.3, -0.25) is 9.97 Å². The Kier molecular flexibility index (Phi) is 7.25. The van der Waals surface area contributed by atoms with Gasteiger partial charge < -0.3 is 4.42 Å². The molecule has 0 amide bonds. The molecule has 46 heavy (non-hydrogen) atoms. The third kappa shape index (κ3) is 5.20. The first-order valence-electron chi connectivity index (χ1n) is 16.6. The lowest BCUT2D eigenvalue weighted by Gasteiger charge is -2.34. The van der Waals surface area contributed by atoms with E-state index in [1.165, 1.54) is 34.7 Å². The summed E-state index contributed by atoms with van der Waals surface area (Å²) in [5.41, 5.74) is 10.7. The molecule has 0 radical (unpaired) electrons. The Morgan fingerprint density at radius 1 is 0.587 bits per heavy atom. The second-order valence-electron chi connectivity index (χ2n) is 13.3. The number of hydrogen-bond donors (Lipinski definition) is 0. The number of furan rings is 1. The van der Waals surface area contributed by atoms with Crippen LogP contribution in [0.5, 0.6) is 0 Å². The van der Waals surface area contributed by atoms with E-state index in [0.717, 1.165) is 57.9 Å². The van der Waals surface area contributed by atoms with Gasteiger partial charge in [0.25, 0.3) is 0 Å². The molecule has 7 aromatic rings. The minimum atomic E-state index is -0.398. The molecule has 2 unspecified atom stereocenters. The highest BCUT2D eigenvalue weighted by atomic mass is 16.3. The monoisotopic (exact) mass is 598 g/mol. The van der Waals surface area contributed by atoms with E-state index in [9.17, 15) is 0 Å². The van der Waals surface area contributed by atoms with Crippen LogP contribution in [-0.4, -0.2) is 9.97 Å². The maximum Gasteiger partial charge on any atom is 0.135 e. The van der Waals surface area contributed by atoms with Crippen LogP contribution in [0.1, 0.15) is 73.9 Å². The molecule has 1 aliphatic rings. The van der Waals surface area contributed by atoms with Crippen molar-refractivity contribution in [3.63, 3.8) is 0 Å². The Morgan fingerprint density at radius 2 is 1.26 bits per heavy atom. The van der Waals surface area contributed by atoms with E-state index in [2.05, 4.69) is 141 Å². The van der Waals surface area contributed by atoms with Gasteiger partial charge in [-0.1, -0.05) is 110 Å². The highest BCUT2D eigenvalue weighted by Gasteiger charge is 2.34. The molecule has 0 saturated heterocycles. The number of hydrogen-bond acceptors (Lipinski definition) is 3. The lowest BCUT2D eigenvalue weighted by atomic mass is 9.71. The van der Waals surface area contributed by atoms with Gasteiger partial charge in [-0.05, 0) is 86.4 Å². The summed E-state index contributed by atoms with van der Waals surface area (Å²) in [4.78, 5) is 10.7. The van der Waals surface area contributed by atoms with Crippen LogP contribution >= 0.6 is 0 Å². The molecular weight excluding hydrogens is 560 g/mol.